The van der Waals surface area contributed by atoms with Crippen molar-refractivity contribution in [3.05, 3.63) is 81.8 Å². The number of nitrogen functional groups attached to an aromatic ring is 1. The zero-order valence-corrected chi connectivity index (χ0v) is 20.5. The lowest BCUT2D eigenvalue weighted by molar-refractivity contribution is -0.0273. The number of esters is 1. The van der Waals surface area contributed by atoms with Crippen molar-refractivity contribution in [1.29, 1.82) is 0 Å². The molecule has 0 radical (unpaired) electrons. The van der Waals surface area contributed by atoms with Crippen LogP contribution in [0.25, 0.3) is 0 Å². The second kappa shape index (κ2) is 14.3. The summed E-state index contributed by atoms with van der Waals surface area (Å²) < 4.78 is 15.2. The van der Waals surface area contributed by atoms with Gasteiger partial charge < -0.3 is 30.4 Å². The molecule has 0 aliphatic rings. The van der Waals surface area contributed by atoms with Crippen LogP contribution in [0.5, 0.6) is 5.75 Å². The third-order valence-electron chi connectivity index (χ3n) is 4.44. The van der Waals surface area contributed by atoms with Gasteiger partial charge in [-0.05, 0) is 49.7 Å². The van der Waals surface area contributed by atoms with Crippen molar-refractivity contribution in [2.75, 3.05) is 37.7 Å². The van der Waals surface area contributed by atoms with E-state index in [-0.39, 0.29) is 20.0 Å². The van der Waals surface area contributed by atoms with Crippen LogP contribution in [-0.4, -0.2) is 37.7 Å². The number of benzene rings is 3. The molecule has 9 heteroatoms. The highest BCUT2D eigenvalue weighted by atomic mass is 35.5. The van der Waals surface area contributed by atoms with Crippen LogP contribution in [0.2, 0.25) is 10.0 Å². The Morgan fingerprint density at radius 1 is 1.06 bits per heavy atom. The Kier molecular flexibility index (Phi) is 11.5. The topological polar surface area (TPSA) is 103 Å². The molecule has 0 amide bonds. The van der Waals surface area contributed by atoms with E-state index in [9.17, 15) is 4.79 Å². The van der Waals surface area contributed by atoms with E-state index in [0.717, 1.165) is 5.56 Å². The Hall–Kier alpha value is -2.97. The smallest absolute Gasteiger partial charge is 0.342 e. The van der Waals surface area contributed by atoms with Crippen molar-refractivity contribution < 1.29 is 24.1 Å². The maximum atomic E-state index is 12.2. The molecule has 3 aromatic rings. The maximum absolute atomic E-state index is 12.2. The van der Waals surface area contributed by atoms with Crippen LogP contribution < -0.4 is 15.8 Å². The van der Waals surface area contributed by atoms with E-state index in [1.165, 1.54) is 0 Å². The molecular formula is C25H28Cl2N2O5. The summed E-state index contributed by atoms with van der Waals surface area (Å²) in [6, 6.07) is 17.8. The molecule has 0 aliphatic heterocycles. The lowest BCUT2D eigenvalue weighted by atomic mass is 10.1. The molecule has 0 saturated heterocycles. The first kappa shape index (κ1) is 27.3. The van der Waals surface area contributed by atoms with Crippen molar-refractivity contribution in [2.24, 2.45) is 0 Å². The Morgan fingerprint density at radius 3 is 2.47 bits per heavy atom. The molecule has 7 nitrogen and oxygen atoms in total. The summed E-state index contributed by atoms with van der Waals surface area (Å²) in [6.45, 7) is 4.39. The SMILES string of the molecule is CCOCOC(=O)c1ccccc1Nc1c(Cl)ccc(C)c1Cl.Nc1ccccc1OCCO. The molecule has 0 spiro atoms. The molecule has 0 heterocycles. The maximum Gasteiger partial charge on any atom is 0.342 e. The molecule has 0 aromatic heterocycles. The van der Waals surface area contributed by atoms with Gasteiger partial charge in [0.2, 0.25) is 0 Å². The Balaban J connectivity index is 0.000000310. The fourth-order valence-electron chi connectivity index (χ4n) is 2.70. The van der Waals surface area contributed by atoms with Gasteiger partial charge in [0.05, 0.1) is 39.3 Å². The van der Waals surface area contributed by atoms with Crippen LogP contribution in [0.1, 0.15) is 22.8 Å². The van der Waals surface area contributed by atoms with Crippen LogP contribution in [0.4, 0.5) is 17.1 Å². The number of aliphatic hydroxyl groups excluding tert-OH is 1. The quantitative estimate of drug-likeness (QED) is 0.145. The van der Waals surface area contributed by atoms with Crippen molar-refractivity contribution in [1.82, 2.24) is 0 Å². The van der Waals surface area contributed by atoms with Crippen molar-refractivity contribution >= 4 is 46.2 Å². The molecular weight excluding hydrogens is 479 g/mol. The van der Waals surface area contributed by atoms with E-state index in [0.29, 0.717) is 45.0 Å². The summed E-state index contributed by atoms with van der Waals surface area (Å²) in [7, 11) is 0. The normalized spacial score (nSPS) is 10.1. The van der Waals surface area contributed by atoms with Gasteiger partial charge in [0, 0.05) is 6.61 Å². The number of halogens is 2. The van der Waals surface area contributed by atoms with E-state index in [2.05, 4.69) is 5.32 Å². The standard InChI is InChI=1S/C17H17Cl2NO3.C8H11NO2/c1-3-22-10-23-17(21)12-6-4-5-7-14(12)20-16-13(18)9-8-11(2)15(16)19;9-7-3-1-2-4-8(7)11-6-5-10/h4-9,20H,3,10H2,1-2H3;1-4,10H,5-6,9H2. The molecule has 0 aliphatic carbocycles. The van der Waals surface area contributed by atoms with E-state index in [1.54, 1.807) is 42.5 Å². The molecule has 0 atom stereocenters. The summed E-state index contributed by atoms with van der Waals surface area (Å²) in [6.07, 6.45) is 0. The summed E-state index contributed by atoms with van der Waals surface area (Å²) in [5.74, 6) is 0.142. The number of anilines is 3. The number of hydrogen-bond acceptors (Lipinski definition) is 7. The molecule has 3 aromatic carbocycles. The Morgan fingerprint density at radius 2 is 1.76 bits per heavy atom. The van der Waals surface area contributed by atoms with Crippen molar-refractivity contribution in [3.63, 3.8) is 0 Å². The predicted octanol–water partition coefficient (Wildman–Crippen LogP) is 5.84. The van der Waals surface area contributed by atoms with E-state index in [1.807, 2.05) is 32.0 Å². The third kappa shape index (κ3) is 8.11. The number of carbonyl (C=O) groups excluding carboxylic acids is 1. The largest absolute Gasteiger partial charge is 0.489 e. The highest BCUT2D eigenvalue weighted by Gasteiger charge is 2.15. The second-order valence-corrected chi connectivity index (χ2v) is 7.66. The first-order valence-corrected chi connectivity index (χ1v) is 11.3. The summed E-state index contributed by atoms with van der Waals surface area (Å²) in [4.78, 5) is 12.2. The number of rotatable bonds is 9. The van der Waals surface area contributed by atoms with Crippen LogP contribution in [-0.2, 0) is 9.47 Å². The number of nitrogens with two attached hydrogens (primary N) is 1. The summed E-state index contributed by atoms with van der Waals surface area (Å²) >= 11 is 12.5. The van der Waals surface area contributed by atoms with Crippen LogP contribution in [0, 0.1) is 6.92 Å². The Labute approximate surface area is 209 Å². The number of ether oxygens (including phenoxy) is 3. The average molecular weight is 507 g/mol. The van der Waals surface area contributed by atoms with Crippen LogP contribution >= 0.6 is 23.2 Å². The lowest BCUT2D eigenvalue weighted by Gasteiger charge is -2.15. The zero-order chi connectivity index (χ0) is 24.9. The van der Waals surface area contributed by atoms with Gasteiger partial charge in [-0.15, -0.1) is 0 Å². The van der Waals surface area contributed by atoms with Gasteiger partial charge in [0.1, 0.15) is 12.4 Å². The van der Waals surface area contributed by atoms with E-state index < -0.39 is 5.97 Å². The van der Waals surface area contributed by atoms with Gasteiger partial charge in [-0.25, -0.2) is 4.79 Å². The number of hydrogen-bond donors (Lipinski definition) is 3. The van der Waals surface area contributed by atoms with Gasteiger partial charge in [0.15, 0.2) is 6.79 Å². The molecule has 4 N–H and O–H groups in total. The summed E-state index contributed by atoms with van der Waals surface area (Å²) in [5, 5.41) is 12.5. The van der Waals surface area contributed by atoms with Gasteiger partial charge in [-0.3, -0.25) is 0 Å². The lowest BCUT2D eigenvalue weighted by Crippen LogP contribution is -2.11. The minimum absolute atomic E-state index is 0.00827. The number of nitrogens with one attached hydrogen (secondary N) is 1. The molecule has 0 fully saturated rings. The highest BCUT2D eigenvalue weighted by molar-refractivity contribution is 6.39. The van der Waals surface area contributed by atoms with Crippen molar-refractivity contribution in [2.45, 2.75) is 13.8 Å². The first-order valence-electron chi connectivity index (χ1n) is 10.5. The zero-order valence-electron chi connectivity index (χ0n) is 19.0. The van der Waals surface area contributed by atoms with E-state index in [4.69, 9.17) is 48.3 Å². The number of aliphatic hydroxyl groups is 1. The van der Waals surface area contributed by atoms with Crippen LogP contribution in [0.3, 0.4) is 0 Å². The fourth-order valence-corrected chi connectivity index (χ4v) is 3.17. The molecule has 0 unspecified atom stereocenters. The number of aryl methyl sites for hydroxylation is 1. The second-order valence-electron chi connectivity index (χ2n) is 6.88. The van der Waals surface area contributed by atoms with E-state index >= 15 is 0 Å². The average Bonchev–Trinajstić information content (AvgIpc) is 2.84. The van der Waals surface area contributed by atoms with Gasteiger partial charge >= 0.3 is 5.97 Å². The van der Waals surface area contributed by atoms with Gasteiger partial charge in [-0.1, -0.05) is 53.5 Å². The number of para-hydroxylation sites is 3. The Bertz CT molecular complexity index is 1080. The molecule has 0 bridgehead atoms. The summed E-state index contributed by atoms with van der Waals surface area (Å²) in [5.41, 5.74) is 8.53. The fraction of sp³-hybridized carbons (Fsp3) is 0.240. The minimum atomic E-state index is -0.485. The molecule has 182 valence electrons. The minimum Gasteiger partial charge on any atom is -0.489 e. The predicted molar refractivity (Wildman–Crippen MR) is 136 cm³/mol. The molecule has 34 heavy (non-hydrogen) atoms. The first-order chi connectivity index (χ1) is 16.4. The van der Waals surface area contributed by atoms with Crippen LogP contribution in [0.15, 0.2) is 60.7 Å². The molecule has 3 rings (SSSR count). The molecule has 0 saturated carbocycles. The highest BCUT2D eigenvalue weighted by Crippen LogP contribution is 2.36. The van der Waals surface area contributed by atoms with Gasteiger partial charge in [-0.2, -0.15) is 0 Å². The monoisotopic (exact) mass is 506 g/mol. The third-order valence-corrected chi connectivity index (χ3v) is 5.24. The van der Waals surface area contributed by atoms with Crippen molar-refractivity contribution in [3.8, 4) is 5.75 Å². The number of carbonyl (C=O) groups is 1. The van der Waals surface area contributed by atoms with Gasteiger partial charge in [0.25, 0.3) is 0 Å².